The Balaban J connectivity index is 1.99. The largest absolute Gasteiger partial charge is 0.465 e. The molecule has 116 valence electrons. The molecule has 2 heterocycles. The molecule has 1 fully saturated rings. The van der Waals surface area contributed by atoms with Gasteiger partial charge in [0.05, 0.1) is 28.7 Å². The Morgan fingerprint density at radius 1 is 1.35 bits per heavy atom. The number of nitrogens with zero attached hydrogens (tertiary/aromatic N) is 3. The molecule has 23 heavy (non-hydrogen) atoms. The van der Waals surface area contributed by atoms with E-state index in [1.165, 1.54) is 7.11 Å². The molecule has 1 aliphatic carbocycles. The first-order valence-corrected chi connectivity index (χ1v) is 7.78. The van der Waals surface area contributed by atoms with E-state index in [9.17, 15) is 4.79 Å². The molecule has 1 aromatic carbocycles. The van der Waals surface area contributed by atoms with Gasteiger partial charge in [-0.15, -0.1) is 0 Å². The predicted molar refractivity (Wildman–Crippen MR) is 87.6 cm³/mol. The molecule has 0 saturated heterocycles. The maximum atomic E-state index is 11.8. The van der Waals surface area contributed by atoms with E-state index in [1.807, 2.05) is 18.2 Å². The van der Waals surface area contributed by atoms with E-state index in [-0.39, 0.29) is 0 Å². The van der Waals surface area contributed by atoms with Crippen molar-refractivity contribution >= 4 is 28.6 Å². The average molecular weight is 328 g/mol. The van der Waals surface area contributed by atoms with E-state index in [1.54, 1.807) is 18.3 Å². The van der Waals surface area contributed by atoms with Gasteiger partial charge in [0.25, 0.3) is 0 Å². The predicted octanol–water partition coefficient (Wildman–Crippen LogP) is 3.87. The molecule has 5 nitrogen and oxygen atoms in total. The van der Waals surface area contributed by atoms with Crippen LogP contribution in [0, 0.1) is 0 Å². The number of ether oxygens (including phenoxy) is 1. The van der Waals surface area contributed by atoms with Crippen LogP contribution < -0.4 is 0 Å². The van der Waals surface area contributed by atoms with Gasteiger partial charge in [0.15, 0.2) is 5.82 Å². The molecule has 0 N–H and O–H groups in total. The number of carbonyl (C=O) groups is 1. The fourth-order valence-electron chi connectivity index (χ4n) is 2.78. The zero-order valence-electron chi connectivity index (χ0n) is 12.5. The summed E-state index contributed by atoms with van der Waals surface area (Å²) in [5.74, 6) is 0.362. The van der Waals surface area contributed by atoms with Gasteiger partial charge in [0, 0.05) is 12.2 Å². The zero-order chi connectivity index (χ0) is 16.0. The second kappa shape index (κ2) is 5.35. The number of halogens is 1. The number of methoxy groups -OCH3 is 1. The molecule has 6 heteroatoms. The van der Waals surface area contributed by atoms with Crippen LogP contribution in [0.25, 0.3) is 22.6 Å². The summed E-state index contributed by atoms with van der Waals surface area (Å²) in [7, 11) is 1.35. The maximum Gasteiger partial charge on any atom is 0.337 e. The monoisotopic (exact) mass is 327 g/mol. The van der Waals surface area contributed by atoms with Crippen LogP contribution in [0.3, 0.4) is 0 Å². The van der Waals surface area contributed by atoms with Crippen LogP contribution in [0.4, 0.5) is 0 Å². The summed E-state index contributed by atoms with van der Waals surface area (Å²) in [6, 6.07) is 9.47. The van der Waals surface area contributed by atoms with Gasteiger partial charge >= 0.3 is 5.97 Å². The van der Waals surface area contributed by atoms with Crippen molar-refractivity contribution in [1.82, 2.24) is 14.5 Å². The summed E-state index contributed by atoms with van der Waals surface area (Å²) in [6.45, 7) is 0. The van der Waals surface area contributed by atoms with Crippen LogP contribution in [0.5, 0.6) is 0 Å². The zero-order valence-corrected chi connectivity index (χ0v) is 13.2. The number of hydrogen-bond acceptors (Lipinski definition) is 4. The molecule has 1 aliphatic rings. The van der Waals surface area contributed by atoms with Crippen molar-refractivity contribution in [3.05, 3.63) is 47.1 Å². The minimum atomic E-state index is -0.422. The summed E-state index contributed by atoms with van der Waals surface area (Å²) in [5.41, 5.74) is 2.73. The van der Waals surface area contributed by atoms with Crippen LogP contribution in [-0.2, 0) is 4.74 Å². The lowest BCUT2D eigenvalue weighted by atomic mass is 10.2. The lowest BCUT2D eigenvalue weighted by Crippen LogP contribution is -2.02. The van der Waals surface area contributed by atoms with Crippen LogP contribution in [0.15, 0.2) is 36.5 Å². The van der Waals surface area contributed by atoms with E-state index in [0.29, 0.717) is 22.1 Å². The molecule has 0 amide bonds. The van der Waals surface area contributed by atoms with Gasteiger partial charge < -0.3 is 9.30 Å². The molecule has 2 aromatic heterocycles. The Bertz CT molecular complexity index is 901. The molecule has 0 bridgehead atoms. The number of hydrogen-bond donors (Lipinski definition) is 0. The van der Waals surface area contributed by atoms with Crippen LogP contribution in [-0.4, -0.2) is 27.6 Å². The fraction of sp³-hybridized carbons (Fsp3) is 0.235. The number of imidazole rings is 1. The highest BCUT2D eigenvalue weighted by Gasteiger charge is 2.30. The van der Waals surface area contributed by atoms with Gasteiger partial charge in [-0.05, 0) is 37.1 Å². The van der Waals surface area contributed by atoms with Crippen molar-refractivity contribution in [2.45, 2.75) is 18.9 Å². The van der Waals surface area contributed by atoms with Crippen molar-refractivity contribution in [1.29, 1.82) is 0 Å². The summed E-state index contributed by atoms with van der Waals surface area (Å²) >= 11 is 6.45. The highest BCUT2D eigenvalue weighted by Crippen LogP contribution is 2.42. The number of pyridine rings is 1. The Labute approximate surface area is 137 Å². The third kappa shape index (κ3) is 2.37. The quantitative estimate of drug-likeness (QED) is 0.685. The number of aromatic nitrogens is 3. The minimum absolute atomic E-state index is 0.387. The molecular weight excluding hydrogens is 314 g/mol. The second-order valence-electron chi connectivity index (χ2n) is 5.57. The van der Waals surface area contributed by atoms with E-state index >= 15 is 0 Å². The van der Waals surface area contributed by atoms with Crippen molar-refractivity contribution in [3.8, 4) is 11.5 Å². The lowest BCUT2D eigenvalue weighted by Gasteiger charge is -2.08. The molecule has 0 atom stereocenters. The Morgan fingerprint density at radius 2 is 2.17 bits per heavy atom. The Morgan fingerprint density at radius 3 is 2.83 bits per heavy atom. The number of benzene rings is 1. The summed E-state index contributed by atoms with van der Waals surface area (Å²) in [4.78, 5) is 20.9. The van der Waals surface area contributed by atoms with E-state index in [0.717, 1.165) is 29.9 Å². The van der Waals surface area contributed by atoms with Gasteiger partial charge in [-0.1, -0.05) is 17.7 Å². The van der Waals surface area contributed by atoms with E-state index in [2.05, 4.69) is 9.55 Å². The van der Waals surface area contributed by atoms with Gasteiger partial charge in [0.1, 0.15) is 5.69 Å². The molecule has 0 spiro atoms. The number of esters is 1. The van der Waals surface area contributed by atoms with Crippen LogP contribution in [0.2, 0.25) is 5.02 Å². The third-order valence-corrected chi connectivity index (χ3v) is 4.25. The highest BCUT2D eigenvalue weighted by atomic mass is 35.5. The Hall–Kier alpha value is -2.40. The summed E-state index contributed by atoms with van der Waals surface area (Å²) < 4.78 is 6.92. The van der Waals surface area contributed by atoms with Crippen LogP contribution >= 0.6 is 11.6 Å². The van der Waals surface area contributed by atoms with Crippen molar-refractivity contribution < 1.29 is 9.53 Å². The highest BCUT2D eigenvalue weighted by molar-refractivity contribution is 6.35. The average Bonchev–Trinajstić information content (AvgIpc) is 3.34. The lowest BCUT2D eigenvalue weighted by molar-refractivity contribution is 0.0601. The smallest absolute Gasteiger partial charge is 0.337 e. The third-order valence-electron chi connectivity index (χ3n) is 3.97. The molecule has 0 unspecified atom stereocenters. The molecular formula is C17H14ClN3O2. The normalized spacial score (nSPS) is 14.2. The second-order valence-corrected chi connectivity index (χ2v) is 5.98. The van der Waals surface area contributed by atoms with Crippen LogP contribution in [0.1, 0.15) is 29.2 Å². The standard InChI is InChI=1S/C17H14ClN3O2/c1-23-17(22)10-8-12(18)15-14(9-10)20-16(21(15)11-5-6-11)13-4-2-3-7-19-13/h2-4,7-9,11H,5-6H2,1H3. The first kappa shape index (κ1) is 14.2. The molecule has 0 radical (unpaired) electrons. The summed E-state index contributed by atoms with van der Waals surface area (Å²) in [5, 5.41) is 0.504. The van der Waals surface area contributed by atoms with E-state index in [4.69, 9.17) is 21.3 Å². The Kier molecular flexibility index (Phi) is 3.31. The minimum Gasteiger partial charge on any atom is -0.465 e. The van der Waals surface area contributed by atoms with Crippen molar-refractivity contribution in [2.24, 2.45) is 0 Å². The SMILES string of the molecule is COC(=O)c1cc(Cl)c2c(c1)nc(-c1ccccn1)n2C1CC1. The topological polar surface area (TPSA) is 57.0 Å². The van der Waals surface area contributed by atoms with Gasteiger partial charge in [-0.2, -0.15) is 0 Å². The van der Waals surface area contributed by atoms with E-state index < -0.39 is 5.97 Å². The van der Waals surface area contributed by atoms with Crippen molar-refractivity contribution in [2.75, 3.05) is 7.11 Å². The number of fused-ring (bicyclic) bond motifs is 1. The molecule has 4 rings (SSSR count). The van der Waals surface area contributed by atoms with Crippen molar-refractivity contribution in [3.63, 3.8) is 0 Å². The number of carbonyl (C=O) groups excluding carboxylic acids is 1. The van der Waals surface area contributed by atoms with Gasteiger partial charge in [-0.25, -0.2) is 9.78 Å². The van der Waals surface area contributed by atoms with Gasteiger partial charge in [-0.3, -0.25) is 4.98 Å². The van der Waals surface area contributed by atoms with Gasteiger partial charge in [0.2, 0.25) is 0 Å². The molecule has 0 aliphatic heterocycles. The molecule has 3 aromatic rings. The molecule has 1 saturated carbocycles. The fourth-order valence-corrected chi connectivity index (χ4v) is 3.09. The number of rotatable bonds is 3. The first-order valence-electron chi connectivity index (χ1n) is 7.40. The maximum absolute atomic E-state index is 11.8. The summed E-state index contributed by atoms with van der Waals surface area (Å²) in [6.07, 6.45) is 3.94. The first-order chi connectivity index (χ1) is 11.2.